The van der Waals surface area contributed by atoms with Crippen molar-refractivity contribution in [2.45, 2.75) is 20.8 Å². The van der Waals surface area contributed by atoms with Crippen LogP contribution in [0.2, 0.25) is 0 Å². The molecular formula is C13H14N2O. The van der Waals surface area contributed by atoms with Crippen molar-refractivity contribution in [1.82, 2.24) is 0 Å². The Bertz CT molecular complexity index is 484. The van der Waals surface area contributed by atoms with Gasteiger partial charge in [-0.25, -0.2) is 0 Å². The zero-order valence-electron chi connectivity index (χ0n) is 9.66. The lowest BCUT2D eigenvalue weighted by molar-refractivity contribution is -0.114. The fraction of sp³-hybridized carbons (Fsp3) is 0.231. The van der Waals surface area contributed by atoms with E-state index >= 15 is 0 Å². The van der Waals surface area contributed by atoms with Gasteiger partial charge >= 0.3 is 0 Å². The lowest BCUT2D eigenvalue weighted by atomic mass is 9.98. The normalized spacial score (nSPS) is 11.0. The molecule has 0 radical (unpaired) electrons. The van der Waals surface area contributed by atoms with E-state index in [2.05, 4.69) is 0 Å². The molecule has 0 unspecified atom stereocenters. The second kappa shape index (κ2) is 4.63. The lowest BCUT2D eigenvalue weighted by Gasteiger charge is -2.07. The minimum absolute atomic E-state index is 0.0185. The van der Waals surface area contributed by atoms with E-state index < -0.39 is 5.91 Å². The van der Waals surface area contributed by atoms with Crippen LogP contribution in [0.15, 0.2) is 17.7 Å². The summed E-state index contributed by atoms with van der Waals surface area (Å²) in [5, 5.41) is 8.78. The molecule has 2 N–H and O–H groups in total. The number of benzene rings is 1. The summed E-state index contributed by atoms with van der Waals surface area (Å²) in [6.07, 6.45) is 1.55. The molecule has 0 aliphatic carbocycles. The summed E-state index contributed by atoms with van der Waals surface area (Å²) in [7, 11) is 0. The van der Waals surface area contributed by atoms with Gasteiger partial charge in [0.25, 0.3) is 5.91 Å². The molecule has 0 atom stereocenters. The van der Waals surface area contributed by atoms with Crippen LogP contribution in [0.25, 0.3) is 6.08 Å². The second-order valence-electron chi connectivity index (χ2n) is 3.85. The molecule has 0 saturated heterocycles. The van der Waals surface area contributed by atoms with Crippen molar-refractivity contribution in [3.05, 3.63) is 40.0 Å². The maximum absolute atomic E-state index is 11.0. The summed E-state index contributed by atoms with van der Waals surface area (Å²) in [6, 6.07) is 5.82. The Morgan fingerprint density at radius 3 is 2.19 bits per heavy atom. The van der Waals surface area contributed by atoms with E-state index in [4.69, 9.17) is 11.0 Å². The molecule has 82 valence electrons. The van der Waals surface area contributed by atoms with Gasteiger partial charge in [-0.1, -0.05) is 17.7 Å². The molecule has 3 nitrogen and oxygen atoms in total. The van der Waals surface area contributed by atoms with Crippen molar-refractivity contribution in [2.75, 3.05) is 0 Å². The molecule has 0 aliphatic rings. The van der Waals surface area contributed by atoms with Crippen LogP contribution in [0.1, 0.15) is 22.3 Å². The molecule has 3 heteroatoms. The summed E-state index contributed by atoms with van der Waals surface area (Å²) in [4.78, 5) is 11.0. The molecule has 1 rings (SSSR count). The van der Waals surface area contributed by atoms with Crippen molar-refractivity contribution in [3.63, 3.8) is 0 Å². The SMILES string of the molecule is Cc1cc(C)c(/C=C(/C#N)C(N)=O)c(C)c1. The van der Waals surface area contributed by atoms with Crippen molar-refractivity contribution in [3.8, 4) is 6.07 Å². The molecule has 1 aromatic carbocycles. The maximum atomic E-state index is 11.0. The molecule has 1 amide bonds. The summed E-state index contributed by atoms with van der Waals surface area (Å²) >= 11 is 0. The molecule has 0 bridgehead atoms. The van der Waals surface area contributed by atoms with Crippen LogP contribution in [-0.4, -0.2) is 5.91 Å². The van der Waals surface area contributed by atoms with Crippen LogP contribution in [0.5, 0.6) is 0 Å². The smallest absolute Gasteiger partial charge is 0.259 e. The van der Waals surface area contributed by atoms with E-state index in [1.165, 1.54) is 0 Å². The average molecular weight is 214 g/mol. The number of carbonyl (C=O) groups is 1. The van der Waals surface area contributed by atoms with Crippen molar-refractivity contribution in [1.29, 1.82) is 5.26 Å². The topological polar surface area (TPSA) is 66.9 Å². The predicted molar refractivity (Wildman–Crippen MR) is 63.4 cm³/mol. The number of nitrogens with zero attached hydrogens (tertiary/aromatic N) is 1. The first-order valence-corrected chi connectivity index (χ1v) is 4.95. The van der Waals surface area contributed by atoms with Gasteiger partial charge in [0.2, 0.25) is 0 Å². The number of aryl methyl sites for hydroxylation is 3. The highest BCUT2D eigenvalue weighted by atomic mass is 16.1. The molecule has 0 spiro atoms. The van der Waals surface area contributed by atoms with Crippen LogP contribution < -0.4 is 5.73 Å². The van der Waals surface area contributed by atoms with Crippen LogP contribution in [-0.2, 0) is 4.79 Å². The van der Waals surface area contributed by atoms with E-state index in [0.717, 1.165) is 22.3 Å². The van der Waals surface area contributed by atoms with Gasteiger partial charge in [0.15, 0.2) is 0 Å². The quantitative estimate of drug-likeness (QED) is 0.604. The Kier molecular flexibility index (Phi) is 3.47. The van der Waals surface area contributed by atoms with Gasteiger partial charge in [-0.05, 0) is 43.5 Å². The third-order valence-corrected chi connectivity index (χ3v) is 2.41. The minimum Gasteiger partial charge on any atom is -0.365 e. The third kappa shape index (κ3) is 2.48. The maximum Gasteiger partial charge on any atom is 0.259 e. The summed E-state index contributed by atoms with van der Waals surface area (Å²) < 4.78 is 0. The summed E-state index contributed by atoms with van der Waals surface area (Å²) in [5.41, 5.74) is 9.19. The monoisotopic (exact) mass is 214 g/mol. The van der Waals surface area contributed by atoms with Gasteiger partial charge in [0.05, 0.1) is 0 Å². The summed E-state index contributed by atoms with van der Waals surface area (Å²) in [5.74, 6) is -0.693. The zero-order valence-corrected chi connectivity index (χ0v) is 9.66. The van der Waals surface area contributed by atoms with Gasteiger partial charge < -0.3 is 5.73 Å². The Labute approximate surface area is 95.2 Å². The molecule has 16 heavy (non-hydrogen) atoms. The zero-order chi connectivity index (χ0) is 12.3. The van der Waals surface area contributed by atoms with Gasteiger partial charge in [0, 0.05) is 0 Å². The van der Waals surface area contributed by atoms with E-state index in [0.29, 0.717) is 0 Å². The van der Waals surface area contributed by atoms with E-state index in [1.54, 1.807) is 12.1 Å². The van der Waals surface area contributed by atoms with Crippen molar-refractivity contribution in [2.24, 2.45) is 5.73 Å². The molecule has 0 fully saturated rings. The fourth-order valence-corrected chi connectivity index (χ4v) is 1.72. The summed E-state index contributed by atoms with van der Waals surface area (Å²) in [6.45, 7) is 5.90. The number of hydrogen-bond acceptors (Lipinski definition) is 2. The van der Waals surface area contributed by atoms with Gasteiger partial charge in [-0.15, -0.1) is 0 Å². The molecule has 0 heterocycles. The Hall–Kier alpha value is -2.08. The highest BCUT2D eigenvalue weighted by Crippen LogP contribution is 2.19. The van der Waals surface area contributed by atoms with E-state index in [9.17, 15) is 4.79 Å². The Morgan fingerprint density at radius 1 is 1.31 bits per heavy atom. The van der Waals surface area contributed by atoms with Gasteiger partial charge in [-0.2, -0.15) is 5.26 Å². The van der Waals surface area contributed by atoms with Gasteiger partial charge in [-0.3, -0.25) is 4.79 Å². The Balaban J connectivity index is 3.36. The van der Waals surface area contributed by atoms with Crippen molar-refractivity contribution < 1.29 is 4.79 Å². The number of nitriles is 1. The highest BCUT2D eigenvalue weighted by Gasteiger charge is 2.07. The molecule has 0 aromatic heterocycles. The average Bonchev–Trinajstić information content (AvgIpc) is 2.15. The van der Waals surface area contributed by atoms with Crippen LogP contribution in [0.3, 0.4) is 0 Å². The largest absolute Gasteiger partial charge is 0.365 e. The first kappa shape index (κ1) is 12.0. The van der Waals surface area contributed by atoms with Crippen molar-refractivity contribution >= 4 is 12.0 Å². The number of rotatable bonds is 2. The predicted octanol–water partition coefficient (Wildman–Crippen LogP) is 2.00. The highest BCUT2D eigenvalue weighted by molar-refractivity contribution is 6.00. The van der Waals surface area contributed by atoms with Crippen LogP contribution in [0, 0.1) is 32.1 Å². The standard InChI is InChI=1S/C13H14N2O/c1-8-4-9(2)12(10(3)5-8)6-11(7-14)13(15)16/h4-6H,1-3H3,(H2,15,16)/b11-6-. The van der Waals surface area contributed by atoms with Crippen LogP contribution in [0.4, 0.5) is 0 Å². The first-order chi connectivity index (χ1) is 7.45. The number of carbonyl (C=O) groups excluding carboxylic acids is 1. The number of primary amides is 1. The fourth-order valence-electron chi connectivity index (χ4n) is 1.72. The van der Waals surface area contributed by atoms with E-state index in [1.807, 2.05) is 32.9 Å². The van der Waals surface area contributed by atoms with Gasteiger partial charge in [0.1, 0.15) is 11.6 Å². The molecule has 0 aliphatic heterocycles. The second-order valence-corrected chi connectivity index (χ2v) is 3.85. The first-order valence-electron chi connectivity index (χ1n) is 4.95. The third-order valence-electron chi connectivity index (χ3n) is 2.41. The molecule has 0 saturated carbocycles. The minimum atomic E-state index is -0.693. The molecule has 1 aromatic rings. The van der Waals surface area contributed by atoms with E-state index in [-0.39, 0.29) is 5.57 Å². The number of hydrogen-bond donors (Lipinski definition) is 1. The Morgan fingerprint density at radius 2 is 1.81 bits per heavy atom. The number of amides is 1. The van der Waals surface area contributed by atoms with Crippen LogP contribution >= 0.6 is 0 Å². The lowest BCUT2D eigenvalue weighted by Crippen LogP contribution is -2.12. The molecular weight excluding hydrogens is 200 g/mol. The number of nitrogens with two attached hydrogens (primary N) is 1.